The van der Waals surface area contributed by atoms with Gasteiger partial charge >= 0.3 is 5.69 Å². The molecule has 0 bridgehead atoms. The lowest BCUT2D eigenvalue weighted by Gasteiger charge is -2.25. The SMILES string of the molecule is Bc1cc(OC(C)COI)c(-n2nnn(C)c2=O)cc1C(C)(C)C. The van der Waals surface area contributed by atoms with Crippen molar-refractivity contribution < 1.29 is 7.80 Å². The quantitative estimate of drug-likeness (QED) is 0.501. The molecule has 0 aliphatic carbocycles. The van der Waals surface area contributed by atoms with Gasteiger partial charge in [0.25, 0.3) is 0 Å². The summed E-state index contributed by atoms with van der Waals surface area (Å²) in [6.45, 7) is 8.74. The van der Waals surface area contributed by atoms with Crippen molar-refractivity contribution >= 4 is 36.3 Å². The molecular weight excluding hydrogens is 422 g/mol. The number of rotatable bonds is 5. The molecule has 0 radical (unpaired) electrons. The second-order valence-corrected chi connectivity index (χ2v) is 7.51. The standard InChI is InChI=1S/C15H22BIN4O3/c1-9(8-23-17)24-13-7-11(16)10(15(2,3)4)6-12(13)21-14(22)20(5)18-19-21/h6-7,9H,8,16H2,1-5H3. The predicted molar refractivity (Wildman–Crippen MR) is 104 cm³/mol. The fourth-order valence-corrected chi connectivity index (χ4v) is 3.05. The summed E-state index contributed by atoms with van der Waals surface area (Å²) >= 11 is 1.84. The van der Waals surface area contributed by atoms with Crippen LogP contribution >= 0.6 is 23.0 Å². The lowest BCUT2D eigenvalue weighted by molar-refractivity contribution is 0.169. The van der Waals surface area contributed by atoms with E-state index in [1.807, 2.05) is 49.9 Å². The summed E-state index contributed by atoms with van der Waals surface area (Å²) in [6.07, 6.45) is -0.159. The van der Waals surface area contributed by atoms with Gasteiger partial charge in [-0.2, -0.15) is 9.36 Å². The van der Waals surface area contributed by atoms with Crippen LogP contribution in [-0.2, 0) is 15.5 Å². The topological polar surface area (TPSA) is 71.2 Å². The van der Waals surface area contributed by atoms with E-state index in [1.54, 1.807) is 7.05 Å². The van der Waals surface area contributed by atoms with E-state index in [2.05, 4.69) is 31.2 Å². The van der Waals surface area contributed by atoms with Gasteiger partial charge in [-0.25, -0.2) is 4.79 Å². The largest absolute Gasteiger partial charge is 0.486 e. The summed E-state index contributed by atoms with van der Waals surface area (Å²) in [6, 6.07) is 3.90. The molecule has 9 heteroatoms. The van der Waals surface area contributed by atoms with E-state index in [0.717, 1.165) is 11.0 Å². The average Bonchev–Trinajstić information content (AvgIpc) is 2.78. The Labute approximate surface area is 156 Å². The summed E-state index contributed by atoms with van der Waals surface area (Å²) in [5.74, 6) is 0.587. The van der Waals surface area contributed by atoms with Gasteiger partial charge in [0.15, 0.2) is 0 Å². The van der Waals surface area contributed by atoms with Gasteiger partial charge in [0, 0.05) is 7.05 Å². The number of hydrogen-bond acceptors (Lipinski definition) is 5. The van der Waals surface area contributed by atoms with Gasteiger partial charge in [-0.05, 0) is 40.5 Å². The summed E-state index contributed by atoms with van der Waals surface area (Å²) in [5, 5.41) is 7.76. The smallest absolute Gasteiger partial charge is 0.368 e. The van der Waals surface area contributed by atoms with Gasteiger partial charge < -0.3 is 7.80 Å². The van der Waals surface area contributed by atoms with Crippen LogP contribution in [0.3, 0.4) is 0 Å². The first-order valence-corrected chi connectivity index (χ1v) is 8.58. The number of aromatic nitrogens is 4. The number of ether oxygens (including phenoxy) is 1. The van der Waals surface area contributed by atoms with Crippen LogP contribution in [0.25, 0.3) is 5.69 Å². The second kappa shape index (κ2) is 7.26. The van der Waals surface area contributed by atoms with E-state index in [1.165, 1.54) is 9.36 Å². The lowest BCUT2D eigenvalue weighted by atomic mass is 9.77. The third-order valence-electron chi connectivity index (χ3n) is 3.69. The molecule has 1 aromatic heterocycles. The zero-order chi connectivity index (χ0) is 18.1. The molecule has 1 atom stereocenters. The van der Waals surface area contributed by atoms with E-state index in [0.29, 0.717) is 18.0 Å². The summed E-state index contributed by atoms with van der Waals surface area (Å²) < 4.78 is 13.5. The van der Waals surface area contributed by atoms with Gasteiger partial charge in [-0.3, -0.25) is 0 Å². The highest BCUT2D eigenvalue weighted by atomic mass is 127. The Hall–Kier alpha value is -1.36. The van der Waals surface area contributed by atoms with Crippen molar-refractivity contribution in [1.29, 1.82) is 0 Å². The summed E-state index contributed by atoms with van der Waals surface area (Å²) in [4.78, 5) is 12.3. The van der Waals surface area contributed by atoms with Crippen LogP contribution in [0.1, 0.15) is 33.3 Å². The molecule has 0 saturated carbocycles. The van der Waals surface area contributed by atoms with Crippen molar-refractivity contribution in [3.05, 3.63) is 28.2 Å². The molecule has 0 fully saturated rings. The Kier molecular flexibility index (Phi) is 5.74. The van der Waals surface area contributed by atoms with E-state index in [-0.39, 0.29) is 17.2 Å². The first-order chi connectivity index (χ1) is 11.1. The molecule has 1 heterocycles. The molecule has 2 aromatic rings. The molecule has 1 aromatic carbocycles. The minimum Gasteiger partial charge on any atom is -0.486 e. The first-order valence-electron chi connectivity index (χ1n) is 7.70. The Morgan fingerprint density at radius 3 is 2.50 bits per heavy atom. The van der Waals surface area contributed by atoms with Crippen molar-refractivity contribution in [3.8, 4) is 11.4 Å². The lowest BCUT2D eigenvalue weighted by Crippen LogP contribution is -2.28. The van der Waals surface area contributed by atoms with Gasteiger partial charge in [-0.15, -0.1) is 0 Å². The van der Waals surface area contributed by atoms with Crippen LogP contribution in [0, 0.1) is 0 Å². The maximum atomic E-state index is 12.3. The highest BCUT2D eigenvalue weighted by Gasteiger charge is 2.22. The number of benzene rings is 1. The highest BCUT2D eigenvalue weighted by molar-refractivity contribution is 14.1. The van der Waals surface area contributed by atoms with Crippen molar-refractivity contribution in [3.63, 3.8) is 0 Å². The van der Waals surface area contributed by atoms with Crippen LogP contribution in [0.4, 0.5) is 0 Å². The average molecular weight is 444 g/mol. The van der Waals surface area contributed by atoms with Gasteiger partial charge in [0.2, 0.25) is 0 Å². The second-order valence-electron chi connectivity index (χ2n) is 6.89. The van der Waals surface area contributed by atoms with Gasteiger partial charge in [-0.1, -0.05) is 26.2 Å². The molecule has 0 N–H and O–H groups in total. The molecule has 7 nitrogen and oxygen atoms in total. The summed E-state index contributed by atoms with van der Waals surface area (Å²) in [7, 11) is 3.61. The molecule has 0 spiro atoms. The highest BCUT2D eigenvalue weighted by Crippen LogP contribution is 2.28. The van der Waals surface area contributed by atoms with Crippen LogP contribution < -0.4 is 15.9 Å². The van der Waals surface area contributed by atoms with Gasteiger partial charge in [0.1, 0.15) is 48.4 Å². The molecule has 24 heavy (non-hydrogen) atoms. The number of nitrogens with zero attached hydrogens (tertiary/aromatic N) is 4. The number of tetrazole rings is 1. The van der Waals surface area contributed by atoms with Crippen LogP contribution in [0.15, 0.2) is 16.9 Å². The Morgan fingerprint density at radius 2 is 2.00 bits per heavy atom. The normalized spacial score (nSPS) is 13.1. The predicted octanol–water partition coefficient (Wildman–Crippen LogP) is 0.656. The Morgan fingerprint density at radius 1 is 1.33 bits per heavy atom. The fourth-order valence-electron chi connectivity index (χ4n) is 2.54. The van der Waals surface area contributed by atoms with Gasteiger partial charge in [0.05, 0.1) is 6.61 Å². The van der Waals surface area contributed by atoms with Crippen molar-refractivity contribution in [2.45, 2.75) is 39.2 Å². The van der Waals surface area contributed by atoms with Crippen molar-refractivity contribution in [2.75, 3.05) is 6.61 Å². The number of hydrogen-bond donors (Lipinski definition) is 0. The van der Waals surface area contributed by atoms with E-state index < -0.39 is 0 Å². The molecule has 2 rings (SSSR count). The summed E-state index contributed by atoms with van der Waals surface area (Å²) in [5.41, 5.74) is 2.42. The molecule has 0 aliphatic heterocycles. The molecule has 130 valence electrons. The molecule has 0 aliphatic rings. The van der Waals surface area contributed by atoms with E-state index >= 15 is 0 Å². The zero-order valence-electron chi connectivity index (χ0n) is 14.8. The minimum atomic E-state index is -0.318. The molecular formula is C15H22BIN4O3. The van der Waals surface area contributed by atoms with Crippen molar-refractivity contribution in [2.24, 2.45) is 7.05 Å². The minimum absolute atomic E-state index is 0.0693. The number of halogens is 1. The molecule has 0 amide bonds. The first kappa shape index (κ1) is 19.0. The maximum absolute atomic E-state index is 12.3. The third kappa shape index (κ3) is 4.00. The van der Waals surface area contributed by atoms with E-state index in [4.69, 9.17) is 7.80 Å². The van der Waals surface area contributed by atoms with E-state index in [9.17, 15) is 4.79 Å². The maximum Gasteiger partial charge on any atom is 0.368 e. The fraction of sp³-hybridized carbons (Fsp3) is 0.533. The Bertz CT molecular complexity index is 782. The van der Waals surface area contributed by atoms with Crippen LogP contribution in [0.2, 0.25) is 0 Å². The number of aryl methyl sites for hydroxylation is 1. The Balaban J connectivity index is 2.63. The monoisotopic (exact) mass is 444 g/mol. The van der Waals surface area contributed by atoms with Crippen molar-refractivity contribution in [1.82, 2.24) is 19.8 Å². The zero-order valence-corrected chi connectivity index (χ0v) is 17.0. The third-order valence-corrected chi connectivity index (χ3v) is 4.05. The van der Waals surface area contributed by atoms with Crippen LogP contribution in [-0.4, -0.2) is 40.3 Å². The molecule has 0 saturated heterocycles. The molecule has 1 unspecified atom stereocenters. The van der Waals surface area contributed by atoms with Crippen LogP contribution in [0.5, 0.6) is 5.75 Å².